The molecule has 0 saturated carbocycles. The van der Waals surface area contributed by atoms with Crippen LogP contribution in [0.15, 0.2) is 99.3 Å². The minimum Gasteiger partial charge on any atom is -0.506 e. The quantitative estimate of drug-likeness (QED) is 0.187. The van der Waals surface area contributed by atoms with Crippen LogP contribution in [-0.4, -0.2) is 24.9 Å². The Labute approximate surface area is 225 Å². The molecule has 0 aliphatic carbocycles. The normalized spacial score (nSPS) is 12.2. The van der Waals surface area contributed by atoms with Crippen molar-refractivity contribution < 1.29 is 18.6 Å². The first-order chi connectivity index (χ1) is 18.6. The maximum absolute atomic E-state index is 11.7. The molecule has 0 aromatic heterocycles. The molecule has 39 heavy (non-hydrogen) atoms. The van der Waals surface area contributed by atoms with Crippen LogP contribution in [0, 0.1) is 13.8 Å². The van der Waals surface area contributed by atoms with Crippen molar-refractivity contribution >= 4 is 60.0 Å². The number of nitrogens with one attached hydrogen (secondary N) is 1. The Balaban J connectivity index is 1.52. The molecule has 5 aromatic rings. The lowest BCUT2D eigenvalue weighted by atomic mass is 10.0. The lowest BCUT2D eigenvalue weighted by Gasteiger charge is -2.09. The van der Waals surface area contributed by atoms with Crippen LogP contribution < -0.4 is 4.72 Å². The van der Waals surface area contributed by atoms with E-state index in [0.29, 0.717) is 28.0 Å². The fourth-order valence-electron chi connectivity index (χ4n) is 4.26. The second kappa shape index (κ2) is 10.1. The van der Waals surface area contributed by atoms with E-state index >= 15 is 0 Å². The zero-order chi connectivity index (χ0) is 27.7. The van der Waals surface area contributed by atoms with E-state index < -0.39 is 10.0 Å². The van der Waals surface area contributed by atoms with Gasteiger partial charge in [0.1, 0.15) is 22.8 Å². The Bertz CT molecular complexity index is 1920. The monoisotopic (exact) mass is 539 g/mol. The largest absolute Gasteiger partial charge is 0.506 e. The predicted molar refractivity (Wildman–Crippen MR) is 154 cm³/mol. The molecular formula is C29H25N5O4S. The summed E-state index contributed by atoms with van der Waals surface area (Å²) in [5.74, 6) is -0.0782. The van der Waals surface area contributed by atoms with Crippen LogP contribution in [0.25, 0.3) is 21.5 Å². The molecule has 3 N–H and O–H groups in total. The van der Waals surface area contributed by atoms with Crippen LogP contribution in [0.5, 0.6) is 11.5 Å². The summed E-state index contributed by atoms with van der Waals surface area (Å²) in [6.07, 6.45) is 1.05. The van der Waals surface area contributed by atoms with Crippen molar-refractivity contribution in [3.63, 3.8) is 0 Å². The number of nitrogens with zero attached hydrogens (tertiary/aromatic N) is 4. The third-order valence-corrected chi connectivity index (χ3v) is 6.70. The number of para-hydroxylation sites is 1. The fourth-order valence-corrected chi connectivity index (χ4v) is 4.84. The second-order valence-electron chi connectivity index (χ2n) is 9.25. The Morgan fingerprint density at radius 2 is 1.44 bits per heavy atom. The summed E-state index contributed by atoms with van der Waals surface area (Å²) in [7, 11) is -3.51. The summed E-state index contributed by atoms with van der Waals surface area (Å²) in [4.78, 5) is 0. The van der Waals surface area contributed by atoms with Crippen molar-refractivity contribution in [2.75, 3.05) is 11.0 Å². The van der Waals surface area contributed by atoms with Crippen LogP contribution >= 0.6 is 0 Å². The molecule has 0 atom stereocenters. The molecule has 0 bridgehead atoms. The topological polar surface area (TPSA) is 136 Å². The van der Waals surface area contributed by atoms with Crippen molar-refractivity contribution in [3.8, 4) is 11.5 Å². The number of sulfonamides is 1. The van der Waals surface area contributed by atoms with Gasteiger partial charge in [-0.05, 0) is 66.6 Å². The zero-order valence-corrected chi connectivity index (χ0v) is 22.2. The number of aromatic hydroxyl groups is 2. The van der Waals surface area contributed by atoms with Gasteiger partial charge >= 0.3 is 0 Å². The molecule has 0 unspecified atom stereocenters. The van der Waals surface area contributed by atoms with Crippen LogP contribution in [0.3, 0.4) is 0 Å². The maximum Gasteiger partial charge on any atom is 0.229 e. The summed E-state index contributed by atoms with van der Waals surface area (Å²) in [6.45, 7) is 3.79. The summed E-state index contributed by atoms with van der Waals surface area (Å²) in [6, 6.07) is 23.0. The lowest BCUT2D eigenvalue weighted by Crippen LogP contribution is -2.09. The number of fused-ring (bicyclic) bond motifs is 2. The van der Waals surface area contributed by atoms with Gasteiger partial charge < -0.3 is 10.2 Å². The van der Waals surface area contributed by atoms with Crippen molar-refractivity contribution in [2.45, 2.75) is 13.8 Å². The molecular weight excluding hydrogens is 514 g/mol. The first-order valence-corrected chi connectivity index (χ1v) is 13.9. The van der Waals surface area contributed by atoms with E-state index in [1.54, 1.807) is 49.4 Å². The predicted octanol–water partition coefficient (Wildman–Crippen LogP) is 8.22. The lowest BCUT2D eigenvalue weighted by molar-refractivity contribution is 0.477. The van der Waals surface area contributed by atoms with Gasteiger partial charge in [-0.15, -0.1) is 15.3 Å². The zero-order valence-electron chi connectivity index (χ0n) is 21.4. The summed E-state index contributed by atoms with van der Waals surface area (Å²) in [5, 5.41) is 41.6. The van der Waals surface area contributed by atoms with Gasteiger partial charge in [-0.3, -0.25) is 4.72 Å². The smallest absolute Gasteiger partial charge is 0.229 e. The molecule has 196 valence electrons. The number of rotatable bonds is 6. The Morgan fingerprint density at radius 1 is 0.718 bits per heavy atom. The van der Waals surface area contributed by atoms with Gasteiger partial charge in [-0.25, -0.2) is 8.42 Å². The molecule has 0 aliphatic heterocycles. The Hall–Kier alpha value is -4.83. The number of anilines is 1. The molecule has 9 nitrogen and oxygen atoms in total. The molecule has 0 spiro atoms. The highest BCUT2D eigenvalue weighted by Gasteiger charge is 2.13. The Kier molecular flexibility index (Phi) is 6.71. The minimum absolute atomic E-state index is 0.0164. The van der Waals surface area contributed by atoms with Gasteiger partial charge in [0.05, 0.1) is 17.6 Å². The molecule has 10 heteroatoms. The second-order valence-corrected chi connectivity index (χ2v) is 11.0. The van der Waals surface area contributed by atoms with Gasteiger partial charge in [-0.1, -0.05) is 48.0 Å². The van der Waals surface area contributed by atoms with E-state index in [1.165, 1.54) is 0 Å². The Morgan fingerprint density at radius 3 is 2.23 bits per heavy atom. The molecule has 0 aliphatic rings. The number of aryl methyl sites for hydroxylation is 2. The highest BCUT2D eigenvalue weighted by atomic mass is 32.2. The van der Waals surface area contributed by atoms with Gasteiger partial charge in [0.2, 0.25) is 10.0 Å². The standard InChI is InChI=1S/C29H25N5O4S/c1-17-8-12-22-19(14-17)10-13-26(35)28(22)33-30-21-11-9-20-15-18(2)27(29(36)23(20)16-21)32-31-24-6-4-5-7-25(24)34-39(3,37)38/h4-16,34-36H,1-3H3. The fraction of sp³-hybridized carbons (Fsp3) is 0.103. The van der Waals surface area contributed by atoms with Crippen LogP contribution in [-0.2, 0) is 10.0 Å². The number of benzene rings is 5. The third-order valence-electron chi connectivity index (χ3n) is 6.11. The van der Waals surface area contributed by atoms with E-state index in [-0.39, 0.29) is 22.9 Å². The summed E-state index contributed by atoms with van der Waals surface area (Å²) < 4.78 is 25.8. The SMILES string of the molecule is Cc1ccc2c(N=Nc3ccc4cc(C)c(N=Nc5ccccc5NS(C)(=O)=O)c(O)c4c3)c(O)ccc2c1. The van der Waals surface area contributed by atoms with Crippen molar-refractivity contribution in [3.05, 3.63) is 90.0 Å². The third kappa shape index (κ3) is 5.55. The molecule has 0 amide bonds. The van der Waals surface area contributed by atoms with Gasteiger partial charge in [0, 0.05) is 10.8 Å². The van der Waals surface area contributed by atoms with E-state index in [2.05, 4.69) is 25.2 Å². The van der Waals surface area contributed by atoms with E-state index in [4.69, 9.17) is 0 Å². The van der Waals surface area contributed by atoms with Crippen molar-refractivity contribution in [2.24, 2.45) is 20.5 Å². The van der Waals surface area contributed by atoms with Crippen molar-refractivity contribution in [1.29, 1.82) is 0 Å². The first kappa shape index (κ1) is 25.8. The van der Waals surface area contributed by atoms with Gasteiger partial charge in [-0.2, -0.15) is 5.11 Å². The van der Waals surface area contributed by atoms with E-state index in [0.717, 1.165) is 28.0 Å². The highest BCUT2D eigenvalue weighted by molar-refractivity contribution is 7.92. The van der Waals surface area contributed by atoms with E-state index in [9.17, 15) is 18.6 Å². The first-order valence-electron chi connectivity index (χ1n) is 12.0. The number of phenolic OH excluding ortho intramolecular Hbond substituents is 2. The van der Waals surface area contributed by atoms with Gasteiger partial charge in [0.25, 0.3) is 0 Å². The molecule has 0 fully saturated rings. The minimum atomic E-state index is -3.51. The van der Waals surface area contributed by atoms with Crippen LogP contribution in [0.1, 0.15) is 11.1 Å². The van der Waals surface area contributed by atoms with Crippen molar-refractivity contribution in [1.82, 2.24) is 0 Å². The highest BCUT2D eigenvalue weighted by Crippen LogP contribution is 2.41. The van der Waals surface area contributed by atoms with Gasteiger partial charge in [0.15, 0.2) is 5.75 Å². The summed E-state index contributed by atoms with van der Waals surface area (Å²) in [5.41, 5.74) is 3.42. The van der Waals surface area contributed by atoms with E-state index in [1.807, 2.05) is 43.3 Å². The number of hydrogen-bond acceptors (Lipinski definition) is 8. The number of phenols is 2. The maximum atomic E-state index is 11.7. The van der Waals surface area contributed by atoms with Crippen LogP contribution in [0.4, 0.5) is 28.4 Å². The average Bonchev–Trinajstić information content (AvgIpc) is 2.88. The van der Waals surface area contributed by atoms with Crippen LogP contribution in [0.2, 0.25) is 0 Å². The number of hydrogen-bond donors (Lipinski definition) is 3. The summed E-state index contributed by atoms with van der Waals surface area (Å²) >= 11 is 0. The molecule has 5 aromatic carbocycles. The average molecular weight is 540 g/mol. The molecule has 0 heterocycles. The molecule has 0 saturated heterocycles. The molecule has 5 rings (SSSR count). The number of azo groups is 2. The molecule has 0 radical (unpaired) electrons.